The minimum absolute atomic E-state index is 0.0828. The number of benzene rings is 1. The number of anilines is 1. The first-order chi connectivity index (χ1) is 9.32. The van der Waals surface area contributed by atoms with Crippen molar-refractivity contribution in [2.75, 3.05) is 12.3 Å². The van der Waals surface area contributed by atoms with Crippen molar-refractivity contribution in [3.05, 3.63) is 33.9 Å². The quantitative estimate of drug-likeness (QED) is 0.331. The predicted octanol–water partition coefficient (Wildman–Crippen LogP) is 0.0975. The summed E-state index contributed by atoms with van der Waals surface area (Å²) in [6.07, 6.45) is -2.19. The molecule has 0 saturated carbocycles. The number of nitrogens with two attached hydrogens (primary N) is 1. The zero-order valence-corrected chi connectivity index (χ0v) is 10.9. The number of aliphatic hydroxyl groups excluding tert-OH is 2. The maximum Gasteiger partial charge on any atom is 0.292 e. The fourth-order valence-electron chi connectivity index (χ4n) is 1.70. The Labute approximate surface area is 115 Å². The second-order valence-corrected chi connectivity index (χ2v) is 4.36. The molecule has 0 aliphatic heterocycles. The van der Waals surface area contributed by atoms with Crippen LogP contribution >= 0.6 is 0 Å². The van der Waals surface area contributed by atoms with Crippen molar-refractivity contribution < 1.29 is 19.9 Å². The first-order valence-corrected chi connectivity index (χ1v) is 5.97. The molecule has 0 saturated heterocycles. The van der Waals surface area contributed by atoms with Gasteiger partial charge in [0, 0.05) is 19.5 Å². The normalized spacial score (nSPS) is 13.6. The van der Waals surface area contributed by atoms with E-state index in [2.05, 4.69) is 5.32 Å². The summed E-state index contributed by atoms with van der Waals surface area (Å²) in [6.45, 7) is 1.57. The third-order valence-corrected chi connectivity index (χ3v) is 2.77. The van der Waals surface area contributed by atoms with Crippen LogP contribution in [0.1, 0.15) is 25.0 Å². The summed E-state index contributed by atoms with van der Waals surface area (Å²) >= 11 is 0. The van der Waals surface area contributed by atoms with Gasteiger partial charge in [-0.15, -0.1) is 0 Å². The van der Waals surface area contributed by atoms with Crippen molar-refractivity contribution in [3.63, 3.8) is 0 Å². The summed E-state index contributed by atoms with van der Waals surface area (Å²) in [6, 6.07) is 3.76. The van der Waals surface area contributed by atoms with E-state index < -0.39 is 17.1 Å². The van der Waals surface area contributed by atoms with E-state index in [4.69, 9.17) is 5.73 Å². The van der Waals surface area contributed by atoms with Crippen LogP contribution in [-0.2, 0) is 4.79 Å². The summed E-state index contributed by atoms with van der Waals surface area (Å²) in [4.78, 5) is 20.7. The van der Waals surface area contributed by atoms with Crippen molar-refractivity contribution in [1.29, 1.82) is 0 Å². The summed E-state index contributed by atoms with van der Waals surface area (Å²) in [5.74, 6) is -0.230. The Hall–Kier alpha value is -2.19. The number of rotatable bonds is 6. The topological polar surface area (TPSA) is 139 Å². The Balaban J connectivity index is 2.71. The van der Waals surface area contributed by atoms with Crippen molar-refractivity contribution in [3.8, 4) is 0 Å². The highest BCUT2D eigenvalue weighted by Crippen LogP contribution is 2.27. The van der Waals surface area contributed by atoms with Crippen LogP contribution in [-0.4, -0.2) is 33.7 Å². The Kier molecular flexibility index (Phi) is 5.42. The lowest BCUT2D eigenvalue weighted by atomic mass is 10.0. The molecule has 1 rings (SSSR count). The van der Waals surface area contributed by atoms with E-state index >= 15 is 0 Å². The molecule has 0 aromatic heterocycles. The molecule has 2 atom stereocenters. The number of hydrogen-bond acceptors (Lipinski definition) is 6. The lowest BCUT2D eigenvalue weighted by Gasteiger charge is -2.18. The van der Waals surface area contributed by atoms with Crippen LogP contribution in [0.25, 0.3) is 0 Å². The second kappa shape index (κ2) is 6.83. The van der Waals surface area contributed by atoms with E-state index in [-0.39, 0.29) is 35.8 Å². The van der Waals surface area contributed by atoms with E-state index in [0.29, 0.717) is 0 Å². The molecule has 1 amide bonds. The minimum Gasteiger partial charge on any atom is -0.393 e. The number of nitro groups is 1. The zero-order chi connectivity index (χ0) is 15.3. The summed E-state index contributed by atoms with van der Waals surface area (Å²) in [5, 5.41) is 32.8. The van der Waals surface area contributed by atoms with Crippen molar-refractivity contribution in [2.24, 2.45) is 0 Å². The largest absolute Gasteiger partial charge is 0.393 e. The van der Waals surface area contributed by atoms with Gasteiger partial charge in [0.2, 0.25) is 5.91 Å². The monoisotopic (exact) mass is 283 g/mol. The van der Waals surface area contributed by atoms with Gasteiger partial charge in [0.25, 0.3) is 5.69 Å². The molecule has 8 heteroatoms. The number of carbonyl (C=O) groups excluding carboxylic acids is 1. The maximum atomic E-state index is 10.7. The number of hydrogen-bond donors (Lipinski definition) is 4. The molecule has 0 heterocycles. The number of amides is 1. The molecule has 0 radical (unpaired) electrons. The van der Waals surface area contributed by atoms with Gasteiger partial charge in [-0.2, -0.15) is 0 Å². The van der Waals surface area contributed by atoms with E-state index in [0.717, 1.165) is 0 Å². The molecule has 0 fully saturated rings. The highest BCUT2D eigenvalue weighted by atomic mass is 16.6. The molecule has 0 bridgehead atoms. The standard InChI is InChI=1S/C12H17N3O5/c1-7(16)14-5-4-11(17)12(18)8-2-3-10(15(19)20)9(13)6-8/h2-3,6,11-12,17-18H,4-5,13H2,1H3,(H,14,16). The molecular weight excluding hydrogens is 266 g/mol. The molecule has 0 spiro atoms. The Morgan fingerprint density at radius 3 is 2.65 bits per heavy atom. The van der Waals surface area contributed by atoms with Gasteiger partial charge in [-0.3, -0.25) is 14.9 Å². The molecule has 0 aliphatic rings. The Bertz CT molecular complexity index is 506. The highest BCUT2D eigenvalue weighted by molar-refractivity contribution is 5.72. The van der Waals surface area contributed by atoms with E-state index in [1.165, 1.54) is 25.1 Å². The van der Waals surface area contributed by atoms with Gasteiger partial charge < -0.3 is 21.3 Å². The van der Waals surface area contributed by atoms with Gasteiger partial charge in [-0.1, -0.05) is 0 Å². The van der Waals surface area contributed by atoms with Gasteiger partial charge in [0.15, 0.2) is 0 Å². The summed E-state index contributed by atoms with van der Waals surface area (Å²) in [7, 11) is 0. The molecule has 5 N–H and O–H groups in total. The average Bonchev–Trinajstić information content (AvgIpc) is 2.36. The van der Waals surface area contributed by atoms with Crippen molar-refractivity contribution in [2.45, 2.75) is 25.6 Å². The third-order valence-electron chi connectivity index (χ3n) is 2.77. The zero-order valence-electron chi connectivity index (χ0n) is 10.9. The van der Waals surface area contributed by atoms with Crippen molar-refractivity contribution >= 4 is 17.3 Å². The van der Waals surface area contributed by atoms with Gasteiger partial charge in [-0.25, -0.2) is 0 Å². The number of carbonyl (C=O) groups is 1. The fourth-order valence-corrected chi connectivity index (χ4v) is 1.70. The molecular formula is C12H17N3O5. The molecule has 2 unspecified atom stereocenters. The third kappa shape index (κ3) is 4.18. The molecule has 8 nitrogen and oxygen atoms in total. The molecule has 0 aliphatic carbocycles. The first kappa shape index (κ1) is 15.9. The fraction of sp³-hybridized carbons (Fsp3) is 0.417. The van der Waals surface area contributed by atoms with Gasteiger partial charge in [-0.05, 0) is 24.1 Å². The Morgan fingerprint density at radius 1 is 1.50 bits per heavy atom. The SMILES string of the molecule is CC(=O)NCCC(O)C(O)c1ccc([N+](=O)[O-])c(N)c1. The second-order valence-electron chi connectivity index (χ2n) is 4.36. The summed E-state index contributed by atoms with van der Waals surface area (Å²) < 4.78 is 0. The van der Waals surface area contributed by atoms with Gasteiger partial charge in [0.05, 0.1) is 11.0 Å². The number of nitrogens with zero attached hydrogens (tertiary/aromatic N) is 1. The van der Waals surface area contributed by atoms with Crippen LogP contribution in [0.3, 0.4) is 0 Å². The van der Waals surface area contributed by atoms with Crippen LogP contribution in [0.4, 0.5) is 11.4 Å². The highest BCUT2D eigenvalue weighted by Gasteiger charge is 2.21. The lowest BCUT2D eigenvalue weighted by molar-refractivity contribution is -0.383. The maximum absolute atomic E-state index is 10.7. The molecule has 1 aromatic rings. The number of nitrogens with one attached hydrogen (secondary N) is 1. The summed E-state index contributed by atoms with van der Waals surface area (Å²) in [5.41, 5.74) is 5.45. The van der Waals surface area contributed by atoms with E-state index in [1.807, 2.05) is 0 Å². The molecule has 110 valence electrons. The smallest absolute Gasteiger partial charge is 0.292 e. The van der Waals surface area contributed by atoms with Gasteiger partial charge in [0.1, 0.15) is 11.8 Å². The Morgan fingerprint density at radius 2 is 2.15 bits per heavy atom. The predicted molar refractivity (Wildman–Crippen MR) is 71.8 cm³/mol. The van der Waals surface area contributed by atoms with Crippen LogP contribution in [0, 0.1) is 10.1 Å². The van der Waals surface area contributed by atoms with Crippen LogP contribution in [0.15, 0.2) is 18.2 Å². The minimum atomic E-state index is -1.23. The number of aliphatic hydroxyl groups is 2. The number of nitro benzene ring substituents is 1. The van der Waals surface area contributed by atoms with Crippen molar-refractivity contribution in [1.82, 2.24) is 5.32 Å². The first-order valence-electron chi connectivity index (χ1n) is 5.97. The van der Waals surface area contributed by atoms with Crippen LogP contribution < -0.4 is 11.1 Å². The van der Waals surface area contributed by atoms with Gasteiger partial charge >= 0.3 is 0 Å². The lowest BCUT2D eigenvalue weighted by Crippen LogP contribution is -2.27. The van der Waals surface area contributed by atoms with Crippen LogP contribution in [0.5, 0.6) is 0 Å². The molecule has 20 heavy (non-hydrogen) atoms. The average molecular weight is 283 g/mol. The van der Waals surface area contributed by atoms with E-state index in [9.17, 15) is 25.1 Å². The number of nitrogen functional groups attached to an aromatic ring is 1. The molecule has 1 aromatic carbocycles. The van der Waals surface area contributed by atoms with Crippen LogP contribution in [0.2, 0.25) is 0 Å². The van der Waals surface area contributed by atoms with E-state index in [1.54, 1.807) is 0 Å².